The van der Waals surface area contributed by atoms with Gasteiger partial charge in [-0.15, -0.1) is 10.8 Å². The maximum atomic E-state index is 12.6. The lowest BCUT2D eigenvalue weighted by molar-refractivity contribution is -0.133. The van der Waals surface area contributed by atoms with Gasteiger partial charge in [-0.2, -0.15) is 0 Å². The van der Waals surface area contributed by atoms with Crippen molar-refractivity contribution in [3.8, 4) is 0 Å². The van der Waals surface area contributed by atoms with Gasteiger partial charge in [-0.25, -0.2) is 4.31 Å². The van der Waals surface area contributed by atoms with Crippen LogP contribution in [0.1, 0.15) is 20.3 Å². The first-order chi connectivity index (χ1) is 12.8. The summed E-state index contributed by atoms with van der Waals surface area (Å²) in [6, 6.07) is 6.73. The third-order valence-electron chi connectivity index (χ3n) is 5.07. The van der Waals surface area contributed by atoms with E-state index in [1.165, 1.54) is 0 Å². The highest BCUT2D eigenvalue weighted by Gasteiger charge is 2.31. The molecule has 3 rings (SSSR count). The van der Waals surface area contributed by atoms with Crippen molar-refractivity contribution < 1.29 is 13.9 Å². The zero-order valence-corrected chi connectivity index (χ0v) is 16.6. The smallest absolute Gasteiger partial charge is 0.239 e. The molecule has 2 aromatic rings. The second-order valence-electron chi connectivity index (χ2n) is 7.25. The van der Waals surface area contributed by atoms with E-state index < -0.39 is 16.8 Å². The maximum absolute atomic E-state index is 12.6. The van der Waals surface area contributed by atoms with Crippen LogP contribution in [0.4, 0.5) is 0 Å². The van der Waals surface area contributed by atoms with E-state index in [4.69, 9.17) is 5.73 Å². The number of carbonyl (C=O) groups is 1. The Balaban J connectivity index is 1.81. The van der Waals surface area contributed by atoms with Crippen molar-refractivity contribution in [3.05, 3.63) is 36.7 Å². The number of fused-ring (bicyclic) bond motifs is 1. The molecule has 4 N–H and O–H groups in total. The molecule has 27 heavy (non-hydrogen) atoms. The molecular formula is C19H28N4O3S. The Morgan fingerprint density at radius 2 is 1.96 bits per heavy atom. The number of nitrogens with two attached hydrogens (primary N) is 1. The van der Waals surface area contributed by atoms with Crippen molar-refractivity contribution in [2.24, 2.45) is 11.7 Å². The van der Waals surface area contributed by atoms with Gasteiger partial charge in [-0.05, 0) is 24.5 Å². The molecule has 0 unspecified atom stereocenters. The molecule has 1 aliphatic rings. The number of hydrogen-bond donors (Lipinski definition) is 3. The lowest BCUT2D eigenvalue weighted by Crippen LogP contribution is -2.47. The summed E-state index contributed by atoms with van der Waals surface area (Å²) in [5.74, 6) is 0.00103. The van der Waals surface area contributed by atoms with Crippen LogP contribution in [0, 0.1) is 5.92 Å². The van der Waals surface area contributed by atoms with Crippen LogP contribution in [0.3, 0.4) is 0 Å². The van der Waals surface area contributed by atoms with Crippen LogP contribution in [0.15, 0.2) is 41.6 Å². The molecule has 1 atom stereocenters. The zero-order chi connectivity index (χ0) is 19.6. The summed E-state index contributed by atoms with van der Waals surface area (Å²) in [4.78, 5) is 18.9. The van der Waals surface area contributed by atoms with E-state index in [9.17, 15) is 13.9 Å². The van der Waals surface area contributed by atoms with Crippen LogP contribution >= 0.6 is 10.8 Å². The highest BCUT2D eigenvalue weighted by molar-refractivity contribution is 8.22. The molecule has 1 aromatic carbocycles. The van der Waals surface area contributed by atoms with Crippen LogP contribution in [0.5, 0.6) is 0 Å². The fraction of sp³-hybridized carbons (Fsp3) is 0.474. The molecule has 0 radical (unpaired) electrons. The summed E-state index contributed by atoms with van der Waals surface area (Å²) in [5.41, 5.74) is 6.01. The SMILES string of the molecule is CC(C)[C@@H](N)C(=O)N1CCCN(S(O)(O)c2cccc3cnccc23)CC1. The zero-order valence-electron chi connectivity index (χ0n) is 15.8. The minimum Gasteiger partial charge on any atom is -0.340 e. The van der Waals surface area contributed by atoms with E-state index in [1.54, 1.807) is 33.7 Å². The molecule has 1 amide bonds. The minimum absolute atomic E-state index is 0.0698. The lowest BCUT2D eigenvalue weighted by atomic mass is 10.0. The molecule has 1 saturated heterocycles. The molecule has 0 bridgehead atoms. The fourth-order valence-electron chi connectivity index (χ4n) is 3.34. The average Bonchev–Trinajstić information content (AvgIpc) is 2.93. The van der Waals surface area contributed by atoms with Gasteiger partial charge in [0.05, 0.1) is 10.9 Å². The summed E-state index contributed by atoms with van der Waals surface area (Å²) in [6.45, 7) is 5.76. The largest absolute Gasteiger partial charge is 0.340 e. The molecular weight excluding hydrogens is 364 g/mol. The van der Waals surface area contributed by atoms with Crippen LogP contribution in [-0.4, -0.2) is 61.4 Å². The first-order valence-electron chi connectivity index (χ1n) is 9.23. The fourth-order valence-corrected chi connectivity index (χ4v) is 5.08. The number of nitrogens with zero attached hydrogens (tertiary/aromatic N) is 3. The molecule has 148 valence electrons. The van der Waals surface area contributed by atoms with Crippen molar-refractivity contribution in [2.75, 3.05) is 26.2 Å². The van der Waals surface area contributed by atoms with Gasteiger partial charge >= 0.3 is 0 Å². The van der Waals surface area contributed by atoms with Crippen LogP contribution in [0.2, 0.25) is 0 Å². The summed E-state index contributed by atoms with van der Waals surface area (Å²) in [6.07, 6.45) is 4.03. The number of benzene rings is 1. The van der Waals surface area contributed by atoms with Gasteiger partial charge in [0.1, 0.15) is 0 Å². The van der Waals surface area contributed by atoms with E-state index in [2.05, 4.69) is 4.98 Å². The van der Waals surface area contributed by atoms with E-state index in [-0.39, 0.29) is 11.8 Å². The predicted octanol–water partition coefficient (Wildman–Crippen LogP) is 2.78. The maximum Gasteiger partial charge on any atom is 0.239 e. The standard InChI is InChI=1S/C19H28N4O3S/c1-14(2)18(20)19(24)22-9-4-10-23(12-11-22)27(25,26)17-6-3-5-15-13-21-8-7-16(15)17/h3,5-8,13-14,18,25-26H,4,9-12,20H2,1-2H3/t18-/m1/s1. The molecule has 0 spiro atoms. The van der Waals surface area contributed by atoms with Gasteiger partial charge < -0.3 is 10.6 Å². The number of pyridine rings is 1. The normalized spacial score (nSPS) is 18.5. The predicted molar refractivity (Wildman–Crippen MR) is 108 cm³/mol. The lowest BCUT2D eigenvalue weighted by Gasteiger charge is -2.43. The summed E-state index contributed by atoms with van der Waals surface area (Å²) >= 11 is 0. The van der Waals surface area contributed by atoms with Crippen LogP contribution in [0.25, 0.3) is 10.8 Å². The first kappa shape index (κ1) is 20.0. The molecule has 1 aromatic heterocycles. The highest BCUT2D eigenvalue weighted by Crippen LogP contribution is 2.54. The topological polar surface area (TPSA) is 103 Å². The number of hydrogen-bond acceptors (Lipinski definition) is 6. The molecule has 0 aliphatic carbocycles. The average molecular weight is 393 g/mol. The van der Waals surface area contributed by atoms with E-state index in [1.807, 2.05) is 26.0 Å². The molecule has 7 nitrogen and oxygen atoms in total. The molecule has 1 aliphatic heterocycles. The Morgan fingerprint density at radius 3 is 2.70 bits per heavy atom. The highest BCUT2D eigenvalue weighted by atomic mass is 32.3. The number of carbonyl (C=O) groups excluding carboxylic acids is 1. The number of aromatic nitrogens is 1. The van der Waals surface area contributed by atoms with Gasteiger partial charge in [0.25, 0.3) is 0 Å². The Kier molecular flexibility index (Phi) is 6.02. The minimum atomic E-state index is -3.16. The second kappa shape index (κ2) is 8.12. The quantitative estimate of drug-likeness (QED) is 0.739. The Bertz CT molecular complexity index is 809. The number of rotatable bonds is 4. The van der Waals surface area contributed by atoms with Crippen molar-refractivity contribution >= 4 is 27.5 Å². The van der Waals surface area contributed by atoms with Crippen molar-refractivity contribution in [1.29, 1.82) is 0 Å². The third-order valence-corrected chi connectivity index (χ3v) is 7.10. The molecule has 1 fully saturated rings. The van der Waals surface area contributed by atoms with E-state index in [0.29, 0.717) is 37.5 Å². The summed E-state index contributed by atoms with van der Waals surface area (Å²) in [7, 11) is -3.16. The third kappa shape index (κ3) is 4.09. The Hall–Kier alpha value is -1.71. The molecule has 2 heterocycles. The monoisotopic (exact) mass is 392 g/mol. The molecule has 8 heteroatoms. The number of amides is 1. The van der Waals surface area contributed by atoms with Gasteiger partial charge in [-0.3, -0.25) is 18.9 Å². The van der Waals surface area contributed by atoms with E-state index >= 15 is 0 Å². The van der Waals surface area contributed by atoms with Crippen LogP contribution in [-0.2, 0) is 4.79 Å². The van der Waals surface area contributed by atoms with E-state index in [0.717, 1.165) is 10.8 Å². The Morgan fingerprint density at radius 1 is 1.19 bits per heavy atom. The van der Waals surface area contributed by atoms with Gasteiger partial charge in [0.2, 0.25) is 5.91 Å². The van der Waals surface area contributed by atoms with Gasteiger partial charge in [0, 0.05) is 49.3 Å². The van der Waals surface area contributed by atoms with Crippen molar-refractivity contribution in [2.45, 2.75) is 31.2 Å². The van der Waals surface area contributed by atoms with Gasteiger partial charge in [-0.1, -0.05) is 26.0 Å². The summed E-state index contributed by atoms with van der Waals surface area (Å²) < 4.78 is 23.8. The van der Waals surface area contributed by atoms with Crippen molar-refractivity contribution in [1.82, 2.24) is 14.2 Å². The van der Waals surface area contributed by atoms with Gasteiger partial charge in [0.15, 0.2) is 0 Å². The first-order valence-corrected chi connectivity index (χ1v) is 10.7. The summed E-state index contributed by atoms with van der Waals surface area (Å²) in [5, 5.41) is 1.65. The second-order valence-corrected chi connectivity index (χ2v) is 9.24. The van der Waals surface area contributed by atoms with Crippen molar-refractivity contribution in [3.63, 3.8) is 0 Å². The Labute approximate surface area is 161 Å². The van der Waals surface area contributed by atoms with Crippen LogP contribution < -0.4 is 5.73 Å². The molecule has 0 saturated carbocycles.